The van der Waals surface area contributed by atoms with Crippen LogP contribution in [0.15, 0.2) is 0 Å². The van der Waals surface area contributed by atoms with Crippen molar-refractivity contribution in [3.05, 3.63) is 0 Å². The number of carbonyl (C=O) groups is 1. The number of urea groups is 1. The zero-order chi connectivity index (χ0) is 11.7. The van der Waals surface area contributed by atoms with Crippen LogP contribution in [0.5, 0.6) is 0 Å². The van der Waals surface area contributed by atoms with Gasteiger partial charge in [0.1, 0.15) is 18.6 Å². The standard InChI is InChI=1S/C8H16N4O4/c9-7-10-3-12(8(15)11-7)6-1-4(14)5(2-13)16-6/h4-7,10,13-14H,1-3,9H2,(H,11,15)/t4-,5+,6-,7?/m0/s1. The quantitative estimate of drug-likeness (QED) is 0.352. The number of ether oxygens (including phenoxy) is 1. The van der Waals surface area contributed by atoms with Gasteiger partial charge in [0, 0.05) is 6.42 Å². The van der Waals surface area contributed by atoms with E-state index in [9.17, 15) is 9.90 Å². The molecule has 92 valence electrons. The van der Waals surface area contributed by atoms with E-state index in [1.54, 1.807) is 0 Å². The van der Waals surface area contributed by atoms with Crippen molar-refractivity contribution >= 4 is 6.03 Å². The minimum Gasteiger partial charge on any atom is -0.394 e. The van der Waals surface area contributed by atoms with Gasteiger partial charge >= 0.3 is 6.03 Å². The van der Waals surface area contributed by atoms with E-state index < -0.39 is 24.7 Å². The van der Waals surface area contributed by atoms with Crippen LogP contribution >= 0.6 is 0 Å². The fourth-order valence-electron chi connectivity index (χ4n) is 1.84. The molecule has 0 aromatic carbocycles. The van der Waals surface area contributed by atoms with Crippen molar-refractivity contribution < 1.29 is 19.7 Å². The molecule has 0 aliphatic carbocycles. The van der Waals surface area contributed by atoms with E-state index in [1.165, 1.54) is 4.90 Å². The fourth-order valence-corrected chi connectivity index (χ4v) is 1.84. The minimum atomic E-state index is -0.751. The zero-order valence-electron chi connectivity index (χ0n) is 8.67. The number of amides is 2. The zero-order valence-corrected chi connectivity index (χ0v) is 8.67. The summed E-state index contributed by atoms with van der Waals surface area (Å²) in [6.45, 7) is -0.0113. The van der Waals surface area contributed by atoms with Gasteiger partial charge in [-0.1, -0.05) is 0 Å². The fraction of sp³-hybridized carbons (Fsp3) is 0.875. The number of rotatable bonds is 2. The van der Waals surface area contributed by atoms with Crippen LogP contribution in [0.25, 0.3) is 0 Å². The van der Waals surface area contributed by atoms with Gasteiger partial charge in [-0.05, 0) is 0 Å². The second kappa shape index (κ2) is 4.52. The Morgan fingerprint density at radius 3 is 2.94 bits per heavy atom. The maximum atomic E-state index is 11.6. The summed E-state index contributed by atoms with van der Waals surface area (Å²) >= 11 is 0. The maximum absolute atomic E-state index is 11.6. The number of hydrogen-bond donors (Lipinski definition) is 5. The van der Waals surface area contributed by atoms with Gasteiger partial charge in [-0.3, -0.25) is 16.0 Å². The third-order valence-corrected chi connectivity index (χ3v) is 2.75. The molecule has 1 unspecified atom stereocenters. The molecule has 2 heterocycles. The summed E-state index contributed by atoms with van der Waals surface area (Å²) in [5.41, 5.74) is 5.47. The lowest BCUT2D eigenvalue weighted by atomic mass is 10.2. The monoisotopic (exact) mass is 232 g/mol. The molecule has 2 amide bonds. The Hall–Kier alpha value is -0.930. The molecule has 2 rings (SSSR count). The minimum absolute atomic E-state index is 0.253. The number of nitrogens with one attached hydrogen (secondary N) is 2. The lowest BCUT2D eigenvalue weighted by molar-refractivity contribution is -0.0702. The van der Waals surface area contributed by atoms with Crippen LogP contribution in [0.2, 0.25) is 0 Å². The third kappa shape index (κ3) is 2.11. The highest BCUT2D eigenvalue weighted by molar-refractivity contribution is 5.75. The van der Waals surface area contributed by atoms with E-state index >= 15 is 0 Å². The maximum Gasteiger partial charge on any atom is 0.322 e. The topological polar surface area (TPSA) is 120 Å². The molecule has 0 saturated carbocycles. The molecule has 2 aliphatic heterocycles. The molecule has 16 heavy (non-hydrogen) atoms. The lowest BCUT2D eigenvalue weighted by Crippen LogP contribution is -2.66. The number of nitrogens with zero attached hydrogens (tertiary/aromatic N) is 1. The van der Waals surface area contributed by atoms with Crippen LogP contribution in [-0.4, -0.2) is 59.1 Å². The summed E-state index contributed by atoms with van der Waals surface area (Å²) in [5.74, 6) is 0. The highest BCUT2D eigenvalue weighted by atomic mass is 16.5. The number of carbonyl (C=O) groups excluding carboxylic acids is 1. The first-order chi connectivity index (χ1) is 7.61. The van der Waals surface area contributed by atoms with Gasteiger partial charge in [-0.2, -0.15) is 0 Å². The summed E-state index contributed by atoms with van der Waals surface area (Å²) in [4.78, 5) is 13.0. The molecule has 2 fully saturated rings. The van der Waals surface area contributed by atoms with Crippen LogP contribution in [0.1, 0.15) is 6.42 Å². The third-order valence-electron chi connectivity index (χ3n) is 2.75. The van der Waals surface area contributed by atoms with E-state index in [4.69, 9.17) is 15.6 Å². The Morgan fingerprint density at radius 2 is 2.38 bits per heavy atom. The number of aliphatic hydroxyl groups is 2. The van der Waals surface area contributed by atoms with Crippen molar-refractivity contribution in [2.24, 2.45) is 5.73 Å². The van der Waals surface area contributed by atoms with Crippen LogP contribution in [-0.2, 0) is 4.74 Å². The van der Waals surface area contributed by atoms with Crippen LogP contribution in [0.4, 0.5) is 4.79 Å². The van der Waals surface area contributed by atoms with E-state index in [-0.39, 0.29) is 25.7 Å². The van der Waals surface area contributed by atoms with Gasteiger partial charge in [-0.25, -0.2) is 4.79 Å². The van der Waals surface area contributed by atoms with Crippen molar-refractivity contribution in [1.82, 2.24) is 15.5 Å². The first-order valence-corrected chi connectivity index (χ1v) is 5.12. The Bertz CT molecular complexity index is 277. The Kier molecular flexibility index (Phi) is 3.26. The van der Waals surface area contributed by atoms with Crippen LogP contribution in [0, 0.1) is 0 Å². The molecule has 2 aliphatic rings. The Balaban J connectivity index is 1.96. The highest BCUT2D eigenvalue weighted by Crippen LogP contribution is 2.23. The van der Waals surface area contributed by atoms with Gasteiger partial charge in [0.15, 0.2) is 0 Å². The molecule has 0 aromatic heterocycles. The summed E-state index contributed by atoms with van der Waals surface area (Å²) < 4.78 is 5.35. The molecule has 0 bridgehead atoms. The number of hydrogen-bond acceptors (Lipinski definition) is 6. The molecule has 8 heteroatoms. The largest absolute Gasteiger partial charge is 0.394 e. The molecular formula is C8H16N4O4. The van der Waals surface area contributed by atoms with Crippen molar-refractivity contribution in [2.75, 3.05) is 13.3 Å². The van der Waals surface area contributed by atoms with Crippen molar-refractivity contribution in [3.8, 4) is 0 Å². The lowest BCUT2D eigenvalue weighted by Gasteiger charge is -2.35. The summed E-state index contributed by atoms with van der Waals surface area (Å²) in [6.07, 6.45) is -2.20. The predicted molar refractivity (Wildman–Crippen MR) is 52.7 cm³/mol. The summed E-state index contributed by atoms with van der Waals surface area (Å²) in [6, 6.07) is -0.345. The van der Waals surface area contributed by atoms with Gasteiger partial charge in [0.2, 0.25) is 0 Å². The molecule has 0 radical (unpaired) electrons. The Labute approximate surface area is 92.3 Å². The molecular weight excluding hydrogens is 216 g/mol. The first-order valence-electron chi connectivity index (χ1n) is 5.12. The van der Waals surface area contributed by atoms with E-state index in [0.717, 1.165) is 0 Å². The molecule has 4 atom stereocenters. The van der Waals surface area contributed by atoms with E-state index in [0.29, 0.717) is 0 Å². The second-order valence-corrected chi connectivity index (χ2v) is 3.87. The summed E-state index contributed by atoms with van der Waals surface area (Å²) in [5, 5.41) is 23.8. The van der Waals surface area contributed by atoms with Gasteiger partial charge in [0.25, 0.3) is 0 Å². The van der Waals surface area contributed by atoms with Gasteiger partial charge in [-0.15, -0.1) is 0 Å². The predicted octanol–water partition coefficient (Wildman–Crippen LogP) is -2.73. The molecule has 8 nitrogen and oxygen atoms in total. The SMILES string of the molecule is NC1NCN([C@@H]2C[C@H](O)[C@@H](CO)O2)C(=O)N1. The first kappa shape index (κ1) is 11.6. The average molecular weight is 232 g/mol. The normalized spacial score (nSPS) is 39.9. The van der Waals surface area contributed by atoms with E-state index in [2.05, 4.69) is 10.6 Å². The van der Waals surface area contributed by atoms with Crippen molar-refractivity contribution in [3.63, 3.8) is 0 Å². The van der Waals surface area contributed by atoms with Gasteiger partial charge in [0.05, 0.1) is 19.4 Å². The number of nitrogens with two attached hydrogens (primary N) is 1. The summed E-state index contributed by atoms with van der Waals surface area (Å²) in [7, 11) is 0. The average Bonchev–Trinajstić information content (AvgIpc) is 2.59. The van der Waals surface area contributed by atoms with Crippen LogP contribution < -0.4 is 16.4 Å². The van der Waals surface area contributed by atoms with Gasteiger partial charge < -0.3 is 20.3 Å². The second-order valence-electron chi connectivity index (χ2n) is 3.87. The molecule has 0 spiro atoms. The van der Waals surface area contributed by atoms with Crippen molar-refractivity contribution in [1.29, 1.82) is 0 Å². The number of aliphatic hydroxyl groups excluding tert-OH is 2. The van der Waals surface area contributed by atoms with Crippen molar-refractivity contribution in [2.45, 2.75) is 31.1 Å². The smallest absolute Gasteiger partial charge is 0.322 e. The molecule has 0 aromatic rings. The Morgan fingerprint density at radius 1 is 1.62 bits per heavy atom. The van der Waals surface area contributed by atoms with Crippen LogP contribution in [0.3, 0.4) is 0 Å². The molecule has 6 N–H and O–H groups in total. The molecule has 2 saturated heterocycles. The van der Waals surface area contributed by atoms with E-state index in [1.807, 2.05) is 0 Å². The highest BCUT2D eigenvalue weighted by Gasteiger charge is 2.39.